The highest BCUT2D eigenvalue weighted by atomic mass is 35.5. The molecule has 0 atom stereocenters. The van der Waals surface area contributed by atoms with Crippen LogP contribution in [0, 0.1) is 6.92 Å². The first-order chi connectivity index (χ1) is 12.9. The predicted molar refractivity (Wildman–Crippen MR) is 100.0 cm³/mol. The smallest absolute Gasteiger partial charge is 0.268 e. The molecule has 3 aromatic rings. The van der Waals surface area contributed by atoms with Gasteiger partial charge in [0.1, 0.15) is 5.15 Å². The molecule has 2 amide bonds. The van der Waals surface area contributed by atoms with Crippen molar-refractivity contribution in [2.45, 2.75) is 6.92 Å². The second-order valence-corrected chi connectivity index (χ2v) is 6.00. The van der Waals surface area contributed by atoms with E-state index in [0.717, 1.165) is 0 Å². The molecule has 0 spiro atoms. The number of halogens is 1. The highest BCUT2D eigenvalue weighted by Crippen LogP contribution is 2.19. The van der Waals surface area contributed by atoms with Crippen LogP contribution in [0.1, 0.15) is 21.7 Å². The zero-order valence-corrected chi connectivity index (χ0v) is 15.2. The minimum absolute atomic E-state index is 0.0133. The Hall–Kier alpha value is -3.46. The summed E-state index contributed by atoms with van der Waals surface area (Å²) in [5.41, 5.74) is 5.36. The van der Waals surface area contributed by atoms with Crippen LogP contribution in [0.2, 0.25) is 5.15 Å². The highest BCUT2D eigenvalue weighted by molar-refractivity contribution is 6.31. The summed E-state index contributed by atoms with van der Waals surface area (Å²) in [6.07, 6.45) is 2.72. The molecule has 1 aromatic carbocycles. The maximum Gasteiger partial charge on any atom is 0.290 e. The monoisotopic (exact) mass is 386 g/mol. The van der Waals surface area contributed by atoms with E-state index in [9.17, 15) is 14.4 Å². The molecular formula is C17H15ClN6O3. The molecule has 3 N–H and O–H groups in total. The number of benzene rings is 1. The van der Waals surface area contributed by atoms with Crippen molar-refractivity contribution < 1.29 is 9.59 Å². The Bertz CT molecular complexity index is 1130. The van der Waals surface area contributed by atoms with Crippen LogP contribution in [0.25, 0.3) is 16.8 Å². The Balaban J connectivity index is 1.71. The average molecular weight is 387 g/mol. The van der Waals surface area contributed by atoms with Crippen molar-refractivity contribution in [2.75, 3.05) is 0 Å². The van der Waals surface area contributed by atoms with E-state index in [2.05, 4.69) is 26.1 Å². The summed E-state index contributed by atoms with van der Waals surface area (Å²) in [5.74, 6) is -1.24. The molecule has 3 rings (SSSR count). The van der Waals surface area contributed by atoms with Gasteiger partial charge in [-0.25, -0.2) is 5.10 Å². The Morgan fingerprint density at radius 1 is 1.22 bits per heavy atom. The molecule has 27 heavy (non-hydrogen) atoms. The minimum atomic E-state index is -0.667. The number of carbonyl (C=O) groups excluding carboxylic acids is 2. The molecule has 0 aliphatic carbocycles. The summed E-state index contributed by atoms with van der Waals surface area (Å²) >= 11 is 6.08. The van der Waals surface area contributed by atoms with E-state index in [4.69, 9.17) is 11.6 Å². The van der Waals surface area contributed by atoms with Crippen LogP contribution in [-0.2, 0) is 11.8 Å². The van der Waals surface area contributed by atoms with Crippen LogP contribution < -0.4 is 16.4 Å². The fourth-order valence-electron chi connectivity index (χ4n) is 2.50. The van der Waals surface area contributed by atoms with Crippen molar-refractivity contribution in [3.05, 3.63) is 62.8 Å². The van der Waals surface area contributed by atoms with Crippen LogP contribution in [0.4, 0.5) is 0 Å². The van der Waals surface area contributed by atoms with Gasteiger partial charge < -0.3 is 0 Å². The average Bonchev–Trinajstić information content (AvgIpc) is 2.90. The third kappa shape index (κ3) is 3.72. The number of carbonyl (C=O) groups is 2. The van der Waals surface area contributed by atoms with Gasteiger partial charge in [-0.3, -0.25) is 29.9 Å². The quantitative estimate of drug-likeness (QED) is 0.459. The van der Waals surface area contributed by atoms with Crippen molar-refractivity contribution in [1.29, 1.82) is 0 Å². The fourth-order valence-corrected chi connectivity index (χ4v) is 2.74. The lowest BCUT2D eigenvalue weighted by Gasteiger charge is -2.06. The zero-order valence-electron chi connectivity index (χ0n) is 14.4. The lowest BCUT2D eigenvalue weighted by molar-refractivity contribution is -0.117. The molecule has 0 aliphatic rings. The van der Waals surface area contributed by atoms with E-state index in [-0.39, 0.29) is 5.69 Å². The molecule has 0 saturated heterocycles. The first-order valence-corrected chi connectivity index (χ1v) is 8.21. The van der Waals surface area contributed by atoms with E-state index < -0.39 is 17.4 Å². The predicted octanol–water partition coefficient (Wildman–Crippen LogP) is 1.09. The molecule has 0 fully saturated rings. The number of fused-ring (bicyclic) bond motifs is 1. The van der Waals surface area contributed by atoms with Gasteiger partial charge >= 0.3 is 0 Å². The van der Waals surface area contributed by atoms with Crippen molar-refractivity contribution in [3.63, 3.8) is 0 Å². The van der Waals surface area contributed by atoms with Crippen molar-refractivity contribution in [1.82, 2.24) is 30.8 Å². The first-order valence-electron chi connectivity index (χ1n) is 7.83. The van der Waals surface area contributed by atoms with Crippen molar-refractivity contribution in [2.24, 2.45) is 7.05 Å². The van der Waals surface area contributed by atoms with Gasteiger partial charge in [-0.15, -0.1) is 0 Å². The molecule has 9 nitrogen and oxygen atoms in total. The van der Waals surface area contributed by atoms with Gasteiger partial charge in [0.25, 0.3) is 17.4 Å². The summed E-state index contributed by atoms with van der Waals surface area (Å²) in [4.78, 5) is 36.0. The maximum absolute atomic E-state index is 12.3. The lowest BCUT2D eigenvalue weighted by atomic mass is 10.1. The second kappa shape index (κ2) is 7.42. The summed E-state index contributed by atoms with van der Waals surface area (Å²) < 4.78 is 1.49. The third-order valence-electron chi connectivity index (χ3n) is 3.81. The summed E-state index contributed by atoms with van der Waals surface area (Å²) in [6, 6.07) is 6.54. The molecular weight excluding hydrogens is 372 g/mol. The standard InChI is InChI=1S/C17H15ClN6O3/c1-9-10(15(18)24(2)23-9)7-8-13(25)19-22-17(27)14-11-5-3-4-6-12(11)16(26)21-20-14/h3-8H,1-2H3,(H,19,25)(H,21,26)(H,22,27)/b8-7+. The van der Waals surface area contributed by atoms with Gasteiger partial charge in [0.2, 0.25) is 0 Å². The first kappa shape index (κ1) is 18.3. The zero-order chi connectivity index (χ0) is 19.6. The molecule has 2 heterocycles. The number of hydrogen-bond donors (Lipinski definition) is 3. The number of amides is 2. The molecule has 0 saturated carbocycles. The largest absolute Gasteiger partial charge is 0.290 e. The highest BCUT2D eigenvalue weighted by Gasteiger charge is 2.14. The van der Waals surface area contributed by atoms with E-state index in [0.29, 0.717) is 27.2 Å². The van der Waals surface area contributed by atoms with Crippen molar-refractivity contribution in [3.8, 4) is 0 Å². The number of aryl methyl sites for hydroxylation is 2. The number of rotatable bonds is 3. The van der Waals surface area contributed by atoms with E-state index in [1.807, 2.05) is 0 Å². The number of H-pyrrole nitrogens is 1. The summed E-state index contributed by atoms with van der Waals surface area (Å²) in [7, 11) is 1.69. The third-order valence-corrected chi connectivity index (χ3v) is 4.26. The normalized spacial score (nSPS) is 11.1. The molecule has 0 unspecified atom stereocenters. The fraction of sp³-hybridized carbons (Fsp3) is 0.118. The second-order valence-electron chi connectivity index (χ2n) is 5.64. The number of aromatic amines is 1. The van der Waals surface area contributed by atoms with Crippen LogP contribution in [0.15, 0.2) is 35.1 Å². The Kier molecular flexibility index (Phi) is 5.04. The van der Waals surface area contributed by atoms with Gasteiger partial charge in [0.15, 0.2) is 5.69 Å². The van der Waals surface area contributed by atoms with Crippen LogP contribution in [0.5, 0.6) is 0 Å². The van der Waals surface area contributed by atoms with Gasteiger partial charge in [-0.2, -0.15) is 10.2 Å². The Morgan fingerprint density at radius 2 is 1.93 bits per heavy atom. The number of nitrogens with one attached hydrogen (secondary N) is 3. The number of nitrogens with zero attached hydrogens (tertiary/aromatic N) is 3. The number of aromatic nitrogens is 4. The Labute approximate surface area is 158 Å². The number of hydrazine groups is 1. The van der Waals surface area contributed by atoms with E-state index in [1.165, 1.54) is 16.8 Å². The van der Waals surface area contributed by atoms with Gasteiger partial charge in [-0.05, 0) is 19.1 Å². The lowest BCUT2D eigenvalue weighted by Crippen LogP contribution is -2.41. The van der Waals surface area contributed by atoms with E-state index in [1.54, 1.807) is 38.2 Å². The molecule has 2 aromatic heterocycles. The maximum atomic E-state index is 12.3. The molecule has 0 bridgehead atoms. The SMILES string of the molecule is Cc1nn(C)c(Cl)c1/C=C/C(=O)NNC(=O)c1n[nH]c(=O)c2ccccc12. The van der Waals surface area contributed by atoms with E-state index >= 15 is 0 Å². The minimum Gasteiger partial charge on any atom is -0.268 e. The Morgan fingerprint density at radius 3 is 2.59 bits per heavy atom. The molecule has 0 radical (unpaired) electrons. The summed E-state index contributed by atoms with van der Waals surface area (Å²) in [5, 5.41) is 11.2. The summed E-state index contributed by atoms with van der Waals surface area (Å²) in [6.45, 7) is 1.76. The topological polar surface area (TPSA) is 122 Å². The van der Waals surface area contributed by atoms with Crippen LogP contribution >= 0.6 is 11.6 Å². The molecule has 138 valence electrons. The molecule has 0 aliphatic heterocycles. The van der Waals surface area contributed by atoms with Crippen LogP contribution in [-0.4, -0.2) is 31.8 Å². The van der Waals surface area contributed by atoms with Crippen LogP contribution in [0.3, 0.4) is 0 Å². The molecule has 10 heteroatoms. The van der Waals surface area contributed by atoms with Gasteiger partial charge in [0, 0.05) is 24.1 Å². The van der Waals surface area contributed by atoms with Gasteiger partial charge in [0.05, 0.1) is 11.1 Å². The van der Waals surface area contributed by atoms with Crippen molar-refractivity contribution >= 4 is 40.3 Å². The number of hydrogen-bond acceptors (Lipinski definition) is 5. The van der Waals surface area contributed by atoms with Gasteiger partial charge in [-0.1, -0.05) is 29.8 Å².